The molecule has 0 N–H and O–H groups in total. The van der Waals surface area contributed by atoms with Crippen molar-refractivity contribution < 1.29 is 9.53 Å². The number of esters is 1. The van der Waals surface area contributed by atoms with Gasteiger partial charge in [0.1, 0.15) is 0 Å². The molecule has 31 heavy (non-hydrogen) atoms. The average molecular weight is 439 g/mol. The first-order valence-electron chi connectivity index (χ1n) is 14.3. The Morgan fingerprint density at radius 2 is 0.903 bits per heavy atom. The van der Waals surface area contributed by atoms with Crippen molar-refractivity contribution in [2.75, 3.05) is 6.61 Å². The van der Waals surface area contributed by atoms with Gasteiger partial charge in [0.2, 0.25) is 0 Å². The Hall–Kier alpha value is -0.530. The lowest BCUT2D eigenvalue weighted by molar-refractivity contribution is -0.149. The standard InChI is InChI=1S/C29H58O2/c1-5-8-11-14-15-16-17-19-20-23-27(4)29(30)31-26-28(24-21-13-10-7-3)25-22-18-12-9-6-2/h27-28H,5-26H2,1-4H3. The van der Waals surface area contributed by atoms with Crippen LogP contribution in [0.1, 0.15) is 163 Å². The summed E-state index contributed by atoms with van der Waals surface area (Å²) in [7, 11) is 0. The highest BCUT2D eigenvalue weighted by atomic mass is 16.5. The van der Waals surface area contributed by atoms with E-state index in [0.717, 1.165) is 6.42 Å². The number of unbranched alkanes of at least 4 members (excludes halogenated alkanes) is 15. The van der Waals surface area contributed by atoms with Crippen molar-refractivity contribution in [3.8, 4) is 0 Å². The summed E-state index contributed by atoms with van der Waals surface area (Å²) in [5.41, 5.74) is 0. The molecule has 0 aliphatic heterocycles. The van der Waals surface area contributed by atoms with Gasteiger partial charge in [-0.25, -0.2) is 0 Å². The van der Waals surface area contributed by atoms with Crippen LogP contribution < -0.4 is 0 Å². The molecule has 0 aromatic rings. The molecule has 2 unspecified atom stereocenters. The molecule has 0 heterocycles. The predicted molar refractivity (Wildman–Crippen MR) is 138 cm³/mol. The fourth-order valence-corrected chi connectivity index (χ4v) is 4.43. The summed E-state index contributed by atoms with van der Waals surface area (Å²) >= 11 is 0. The van der Waals surface area contributed by atoms with Gasteiger partial charge in [-0.2, -0.15) is 0 Å². The Morgan fingerprint density at radius 1 is 0.548 bits per heavy atom. The SMILES string of the molecule is CCCCCCCCCCCC(C)C(=O)OCC(CCCCCC)CCCCCCC. The number of carbonyl (C=O) groups excluding carboxylic acids is 1. The molecule has 2 heteroatoms. The lowest BCUT2D eigenvalue weighted by atomic mass is 9.95. The Bertz CT molecular complexity index is 366. The van der Waals surface area contributed by atoms with Gasteiger partial charge in [-0.05, 0) is 25.2 Å². The first-order chi connectivity index (χ1) is 15.2. The molecule has 0 spiro atoms. The van der Waals surface area contributed by atoms with E-state index in [2.05, 4.69) is 27.7 Å². The van der Waals surface area contributed by atoms with Crippen LogP contribution in [0.3, 0.4) is 0 Å². The minimum atomic E-state index is 0.0455. The summed E-state index contributed by atoms with van der Waals surface area (Å²) in [5.74, 6) is 0.682. The van der Waals surface area contributed by atoms with E-state index in [0.29, 0.717) is 12.5 Å². The van der Waals surface area contributed by atoms with E-state index in [4.69, 9.17) is 4.74 Å². The molecule has 186 valence electrons. The quantitative estimate of drug-likeness (QED) is 0.111. The van der Waals surface area contributed by atoms with Crippen LogP contribution in [-0.2, 0) is 9.53 Å². The fourth-order valence-electron chi connectivity index (χ4n) is 4.43. The van der Waals surface area contributed by atoms with Gasteiger partial charge < -0.3 is 4.74 Å². The van der Waals surface area contributed by atoms with Crippen molar-refractivity contribution in [1.82, 2.24) is 0 Å². The molecule has 2 atom stereocenters. The lowest BCUT2D eigenvalue weighted by Gasteiger charge is -2.19. The first kappa shape index (κ1) is 30.5. The van der Waals surface area contributed by atoms with Crippen LogP contribution in [0.4, 0.5) is 0 Å². The molecule has 0 rings (SSSR count). The van der Waals surface area contributed by atoms with E-state index in [1.807, 2.05) is 0 Å². The second-order valence-electron chi connectivity index (χ2n) is 10.1. The van der Waals surface area contributed by atoms with Crippen LogP contribution in [0.15, 0.2) is 0 Å². The molecule has 0 aliphatic carbocycles. The second-order valence-corrected chi connectivity index (χ2v) is 10.1. The molecule has 0 radical (unpaired) electrons. The van der Waals surface area contributed by atoms with Crippen LogP contribution in [-0.4, -0.2) is 12.6 Å². The van der Waals surface area contributed by atoms with Gasteiger partial charge in [-0.15, -0.1) is 0 Å². The molecule has 0 saturated heterocycles. The third-order valence-electron chi connectivity index (χ3n) is 6.79. The number of hydrogen-bond acceptors (Lipinski definition) is 2. The van der Waals surface area contributed by atoms with E-state index in [-0.39, 0.29) is 11.9 Å². The molecule has 0 aromatic heterocycles. The minimum Gasteiger partial charge on any atom is -0.465 e. The van der Waals surface area contributed by atoms with E-state index in [1.54, 1.807) is 0 Å². The molecule has 0 bridgehead atoms. The Labute approximate surface area is 196 Å². The van der Waals surface area contributed by atoms with E-state index in [9.17, 15) is 4.79 Å². The molecular formula is C29H58O2. The number of rotatable bonds is 24. The normalized spacial score (nSPS) is 13.3. The monoisotopic (exact) mass is 438 g/mol. The topological polar surface area (TPSA) is 26.3 Å². The van der Waals surface area contributed by atoms with E-state index < -0.39 is 0 Å². The maximum absolute atomic E-state index is 12.5. The maximum atomic E-state index is 12.5. The van der Waals surface area contributed by atoms with Crippen molar-refractivity contribution >= 4 is 5.97 Å². The van der Waals surface area contributed by atoms with Gasteiger partial charge in [-0.1, -0.05) is 143 Å². The summed E-state index contributed by atoms with van der Waals surface area (Å²) in [6, 6.07) is 0. The number of ether oxygens (including phenoxy) is 1. The van der Waals surface area contributed by atoms with Gasteiger partial charge in [0.15, 0.2) is 0 Å². The van der Waals surface area contributed by atoms with Crippen molar-refractivity contribution in [1.29, 1.82) is 0 Å². The average Bonchev–Trinajstić information content (AvgIpc) is 2.78. The highest BCUT2D eigenvalue weighted by molar-refractivity contribution is 5.71. The van der Waals surface area contributed by atoms with Crippen LogP contribution in [0.25, 0.3) is 0 Å². The predicted octanol–water partition coefficient (Wildman–Crippen LogP) is 10.0. The molecule has 2 nitrogen and oxygen atoms in total. The smallest absolute Gasteiger partial charge is 0.308 e. The molecule has 0 fully saturated rings. The van der Waals surface area contributed by atoms with Crippen LogP contribution in [0.2, 0.25) is 0 Å². The summed E-state index contributed by atoms with van der Waals surface area (Å²) < 4.78 is 5.80. The van der Waals surface area contributed by atoms with Gasteiger partial charge in [-0.3, -0.25) is 4.79 Å². The summed E-state index contributed by atoms with van der Waals surface area (Å²) in [6.45, 7) is 9.53. The van der Waals surface area contributed by atoms with Crippen molar-refractivity contribution in [2.45, 2.75) is 163 Å². The number of hydrogen-bond donors (Lipinski definition) is 0. The fraction of sp³-hybridized carbons (Fsp3) is 0.966. The number of carbonyl (C=O) groups is 1. The van der Waals surface area contributed by atoms with Gasteiger partial charge in [0.25, 0.3) is 0 Å². The van der Waals surface area contributed by atoms with Crippen molar-refractivity contribution in [3.63, 3.8) is 0 Å². The molecule has 0 saturated carbocycles. The Morgan fingerprint density at radius 3 is 1.35 bits per heavy atom. The highest BCUT2D eigenvalue weighted by Gasteiger charge is 2.17. The zero-order valence-corrected chi connectivity index (χ0v) is 22.0. The van der Waals surface area contributed by atoms with Crippen molar-refractivity contribution in [2.24, 2.45) is 11.8 Å². The van der Waals surface area contributed by atoms with E-state index >= 15 is 0 Å². The maximum Gasteiger partial charge on any atom is 0.308 e. The van der Waals surface area contributed by atoms with Crippen LogP contribution >= 0.6 is 0 Å². The lowest BCUT2D eigenvalue weighted by Crippen LogP contribution is -2.20. The third-order valence-corrected chi connectivity index (χ3v) is 6.79. The minimum absolute atomic E-state index is 0.0455. The molecule has 0 aromatic carbocycles. The van der Waals surface area contributed by atoms with Crippen LogP contribution in [0.5, 0.6) is 0 Å². The zero-order chi connectivity index (χ0) is 23.0. The van der Waals surface area contributed by atoms with Gasteiger partial charge in [0.05, 0.1) is 12.5 Å². The Kier molecular flexibility index (Phi) is 23.7. The second kappa shape index (κ2) is 24.1. The Balaban J connectivity index is 3.95. The zero-order valence-electron chi connectivity index (χ0n) is 22.0. The van der Waals surface area contributed by atoms with Crippen LogP contribution in [0, 0.1) is 11.8 Å². The molecular weight excluding hydrogens is 380 g/mol. The van der Waals surface area contributed by atoms with E-state index in [1.165, 1.54) is 128 Å². The van der Waals surface area contributed by atoms with Crippen molar-refractivity contribution in [3.05, 3.63) is 0 Å². The first-order valence-corrected chi connectivity index (χ1v) is 14.3. The largest absolute Gasteiger partial charge is 0.465 e. The highest BCUT2D eigenvalue weighted by Crippen LogP contribution is 2.21. The summed E-state index contributed by atoms with van der Waals surface area (Å²) in [4.78, 5) is 12.5. The third kappa shape index (κ3) is 21.1. The summed E-state index contributed by atoms with van der Waals surface area (Å²) in [6.07, 6.45) is 27.3. The molecule has 0 amide bonds. The summed E-state index contributed by atoms with van der Waals surface area (Å²) in [5, 5.41) is 0. The van der Waals surface area contributed by atoms with Gasteiger partial charge >= 0.3 is 5.97 Å². The molecule has 0 aliphatic rings. The van der Waals surface area contributed by atoms with Gasteiger partial charge in [0, 0.05) is 0 Å².